The molecule has 0 aromatic heterocycles. The van der Waals surface area contributed by atoms with E-state index >= 15 is 0 Å². The molecule has 57 heavy (non-hydrogen) atoms. The minimum absolute atomic E-state index is 0.141. The van der Waals surface area contributed by atoms with E-state index in [-0.39, 0.29) is 38.5 Å². The standard InChI is InChI=1S/C39H48N6O12/c1-21(2)32(42-29(48)15-16-45-30(49)13-14-31(45)50)36(53)40-22(3)35(52)41-25-11-9-23(10-12-25)19-57-38(55)44-39(17-26(39)24-7-5-4-6-8-24)37(54)43-33-28(18-46)56-20-27(47)34(33)51/h4-14,21-22,26-28,32-34,46-47,51H,15-20H2,1-3H3,(H,40,53)(H,41,52)(H,42,48)(H,43,54)(H,44,55)/t22-,26+,27+,28-,32-,33?,34-,39?/m0/s1. The minimum atomic E-state index is -1.45. The van der Waals surface area contributed by atoms with Crippen molar-refractivity contribution in [2.45, 2.75) is 88.1 Å². The Hall–Kier alpha value is -5.69. The predicted octanol–water partition coefficient (Wildman–Crippen LogP) is -0.664. The van der Waals surface area contributed by atoms with E-state index in [2.05, 4.69) is 26.6 Å². The highest BCUT2D eigenvalue weighted by Crippen LogP contribution is 2.52. The Bertz CT molecular complexity index is 1840. The third kappa shape index (κ3) is 10.4. The van der Waals surface area contributed by atoms with Gasteiger partial charge in [-0.05, 0) is 42.5 Å². The van der Waals surface area contributed by atoms with Crippen LogP contribution in [-0.4, -0.2) is 123 Å². The molecule has 2 unspecified atom stereocenters. The van der Waals surface area contributed by atoms with Gasteiger partial charge in [-0.15, -0.1) is 0 Å². The van der Waals surface area contributed by atoms with E-state index in [0.29, 0.717) is 11.3 Å². The number of carbonyl (C=O) groups excluding carboxylic acids is 7. The van der Waals surface area contributed by atoms with Crippen LogP contribution < -0.4 is 26.6 Å². The number of aliphatic hydroxyl groups is 3. The van der Waals surface area contributed by atoms with E-state index < -0.39 is 96.0 Å². The first-order chi connectivity index (χ1) is 27.1. The zero-order valence-electron chi connectivity index (χ0n) is 31.7. The van der Waals surface area contributed by atoms with Crippen molar-refractivity contribution in [2.75, 3.05) is 25.1 Å². The van der Waals surface area contributed by atoms with Crippen molar-refractivity contribution in [1.29, 1.82) is 0 Å². The maximum Gasteiger partial charge on any atom is 0.408 e. The van der Waals surface area contributed by atoms with Gasteiger partial charge in [-0.25, -0.2) is 4.79 Å². The number of alkyl carbamates (subject to hydrolysis) is 1. The predicted molar refractivity (Wildman–Crippen MR) is 201 cm³/mol. The monoisotopic (exact) mass is 792 g/mol. The summed E-state index contributed by atoms with van der Waals surface area (Å²) in [4.78, 5) is 89.8. The molecule has 2 aliphatic heterocycles. The zero-order valence-corrected chi connectivity index (χ0v) is 31.7. The van der Waals surface area contributed by atoms with Crippen molar-refractivity contribution >= 4 is 47.2 Å². The first kappa shape index (κ1) is 42.5. The van der Waals surface area contributed by atoms with Gasteiger partial charge >= 0.3 is 6.09 Å². The first-order valence-corrected chi connectivity index (χ1v) is 18.6. The molecule has 5 rings (SSSR count). The summed E-state index contributed by atoms with van der Waals surface area (Å²) in [5.74, 6) is -4.16. The Morgan fingerprint density at radius 1 is 0.930 bits per heavy atom. The summed E-state index contributed by atoms with van der Waals surface area (Å²) in [7, 11) is 0. The van der Waals surface area contributed by atoms with E-state index in [9.17, 15) is 48.9 Å². The molecule has 2 heterocycles. The number of ether oxygens (including phenoxy) is 2. The highest BCUT2D eigenvalue weighted by molar-refractivity contribution is 6.13. The van der Waals surface area contributed by atoms with Crippen LogP contribution >= 0.6 is 0 Å². The molecule has 18 nitrogen and oxygen atoms in total. The van der Waals surface area contributed by atoms with Crippen molar-refractivity contribution in [2.24, 2.45) is 5.92 Å². The van der Waals surface area contributed by atoms with Crippen LogP contribution in [0.4, 0.5) is 10.5 Å². The summed E-state index contributed by atoms with van der Waals surface area (Å²) in [6, 6.07) is 12.2. The van der Waals surface area contributed by atoms with E-state index in [0.717, 1.165) is 22.6 Å². The van der Waals surface area contributed by atoms with E-state index in [4.69, 9.17) is 9.47 Å². The molecule has 7 amide bonds. The van der Waals surface area contributed by atoms with Gasteiger partial charge in [0.25, 0.3) is 11.8 Å². The Balaban J connectivity index is 1.11. The largest absolute Gasteiger partial charge is 0.445 e. The van der Waals surface area contributed by atoms with Crippen molar-refractivity contribution in [3.63, 3.8) is 0 Å². The van der Waals surface area contributed by atoms with Crippen LogP contribution in [0.5, 0.6) is 0 Å². The van der Waals surface area contributed by atoms with Gasteiger partial charge in [-0.1, -0.05) is 56.3 Å². The highest BCUT2D eigenvalue weighted by Gasteiger charge is 2.63. The van der Waals surface area contributed by atoms with Gasteiger partial charge in [0, 0.05) is 36.7 Å². The smallest absolute Gasteiger partial charge is 0.408 e. The molecule has 1 aliphatic carbocycles. The lowest BCUT2D eigenvalue weighted by molar-refractivity contribution is -0.157. The molecule has 1 saturated carbocycles. The van der Waals surface area contributed by atoms with Gasteiger partial charge in [0.2, 0.25) is 23.6 Å². The number of aliphatic hydroxyl groups excluding tert-OH is 3. The topological polar surface area (TPSA) is 262 Å². The second kappa shape index (κ2) is 18.5. The van der Waals surface area contributed by atoms with E-state index in [1.54, 1.807) is 50.2 Å². The number of nitrogens with zero attached hydrogens (tertiary/aromatic N) is 1. The molecule has 306 valence electrons. The first-order valence-electron chi connectivity index (χ1n) is 18.6. The Morgan fingerprint density at radius 2 is 1.60 bits per heavy atom. The maximum absolute atomic E-state index is 13.7. The van der Waals surface area contributed by atoms with Gasteiger partial charge in [-0.2, -0.15) is 0 Å². The van der Waals surface area contributed by atoms with E-state index in [1.165, 1.54) is 6.92 Å². The lowest BCUT2D eigenvalue weighted by atomic mass is 9.96. The second-order valence-electron chi connectivity index (χ2n) is 14.6. The number of carbonyl (C=O) groups is 7. The number of hydrogen-bond donors (Lipinski definition) is 8. The number of anilines is 1. The van der Waals surface area contributed by atoms with Crippen LogP contribution in [0.2, 0.25) is 0 Å². The van der Waals surface area contributed by atoms with Gasteiger partial charge in [-0.3, -0.25) is 33.7 Å². The van der Waals surface area contributed by atoms with Crippen molar-refractivity contribution in [3.05, 3.63) is 77.9 Å². The summed E-state index contributed by atoms with van der Waals surface area (Å²) < 4.78 is 10.8. The van der Waals surface area contributed by atoms with Gasteiger partial charge in [0.05, 0.1) is 19.3 Å². The molecule has 0 radical (unpaired) electrons. The second-order valence-corrected chi connectivity index (χ2v) is 14.6. The lowest BCUT2D eigenvalue weighted by Crippen LogP contribution is -2.64. The van der Waals surface area contributed by atoms with Crippen LogP contribution in [0.3, 0.4) is 0 Å². The molecule has 0 bridgehead atoms. The molecule has 2 aromatic carbocycles. The molecular formula is C39H48N6O12. The lowest BCUT2D eigenvalue weighted by Gasteiger charge is -2.38. The zero-order chi connectivity index (χ0) is 41.4. The number of benzene rings is 2. The van der Waals surface area contributed by atoms with Crippen LogP contribution in [0.1, 0.15) is 50.7 Å². The average molecular weight is 793 g/mol. The summed E-state index contributed by atoms with van der Waals surface area (Å²) >= 11 is 0. The maximum atomic E-state index is 13.7. The fourth-order valence-corrected chi connectivity index (χ4v) is 6.62. The fraction of sp³-hybridized carbons (Fsp3) is 0.462. The van der Waals surface area contributed by atoms with Crippen LogP contribution in [0.25, 0.3) is 0 Å². The minimum Gasteiger partial charge on any atom is -0.445 e. The molecular weight excluding hydrogens is 744 g/mol. The molecule has 18 heteroatoms. The van der Waals surface area contributed by atoms with Gasteiger partial charge in [0.15, 0.2) is 0 Å². The molecule has 3 aliphatic rings. The average Bonchev–Trinajstić information content (AvgIpc) is 3.83. The number of rotatable bonds is 16. The quantitative estimate of drug-likeness (QED) is 0.0986. The molecule has 2 fully saturated rings. The highest BCUT2D eigenvalue weighted by atomic mass is 16.5. The Kier molecular flexibility index (Phi) is 13.8. The number of imide groups is 1. The molecule has 8 atom stereocenters. The summed E-state index contributed by atoms with van der Waals surface area (Å²) in [6.07, 6.45) is -2.33. The molecule has 2 aromatic rings. The van der Waals surface area contributed by atoms with Crippen molar-refractivity contribution < 1.29 is 58.4 Å². The van der Waals surface area contributed by atoms with Crippen molar-refractivity contribution in [1.82, 2.24) is 26.2 Å². The fourth-order valence-electron chi connectivity index (χ4n) is 6.62. The molecule has 1 saturated heterocycles. The van der Waals surface area contributed by atoms with Crippen LogP contribution in [0.15, 0.2) is 66.7 Å². The Morgan fingerprint density at radius 3 is 2.23 bits per heavy atom. The number of hydrogen-bond acceptors (Lipinski definition) is 12. The van der Waals surface area contributed by atoms with Crippen LogP contribution in [-0.2, 0) is 44.8 Å². The summed E-state index contributed by atoms with van der Waals surface area (Å²) in [5, 5.41) is 43.6. The third-order valence-corrected chi connectivity index (χ3v) is 10.1. The van der Waals surface area contributed by atoms with Crippen LogP contribution in [0, 0.1) is 5.92 Å². The summed E-state index contributed by atoms with van der Waals surface area (Å²) in [6.45, 7) is 3.82. The van der Waals surface area contributed by atoms with Gasteiger partial charge in [0.1, 0.15) is 42.5 Å². The molecule has 0 spiro atoms. The van der Waals surface area contributed by atoms with Crippen molar-refractivity contribution in [3.8, 4) is 0 Å². The normalized spacial score (nSPS) is 25.0. The number of amides is 7. The molecule has 8 N–H and O–H groups in total. The summed E-state index contributed by atoms with van der Waals surface area (Å²) in [5.41, 5.74) is 0.260. The Labute approximate surface area is 328 Å². The third-order valence-electron chi connectivity index (χ3n) is 10.1. The number of nitrogens with one attached hydrogen (secondary N) is 5. The SMILES string of the molecule is CC(C)[C@H](NC(=O)CCN1C(=O)C=CC1=O)C(=O)N[C@@H](C)C(=O)Nc1ccc(COC(=O)NC2(C(=O)NC3[C@H](CO)OC[C@@H](O)[C@@H]3O)C[C@@H]2c2ccccc2)cc1. The van der Waals surface area contributed by atoms with Gasteiger partial charge < -0.3 is 51.4 Å². The van der Waals surface area contributed by atoms with E-state index in [1.807, 2.05) is 18.2 Å².